The molecule has 0 aliphatic heterocycles. The second-order valence-corrected chi connectivity index (χ2v) is 6.78. The van der Waals surface area contributed by atoms with Gasteiger partial charge in [0.1, 0.15) is 0 Å². The van der Waals surface area contributed by atoms with Gasteiger partial charge < -0.3 is 5.32 Å². The number of nitrogens with zero attached hydrogens (tertiary/aromatic N) is 2. The Balaban J connectivity index is 2.17. The van der Waals surface area contributed by atoms with E-state index in [1.807, 2.05) is 13.0 Å². The third-order valence-electron chi connectivity index (χ3n) is 3.28. The van der Waals surface area contributed by atoms with Gasteiger partial charge in [-0.05, 0) is 32.4 Å². The summed E-state index contributed by atoms with van der Waals surface area (Å²) >= 11 is 1.14. The maximum absolute atomic E-state index is 12.6. The largest absolute Gasteiger partial charge is 0.336 e. The number of hydrogen-bond acceptors (Lipinski definition) is 5. The minimum absolute atomic E-state index is 0.00000968. The number of imide groups is 1. The minimum Gasteiger partial charge on any atom is -0.336 e. The Morgan fingerprint density at radius 1 is 1.28 bits per heavy atom. The van der Waals surface area contributed by atoms with Gasteiger partial charge in [0, 0.05) is 12.6 Å². The highest BCUT2D eigenvalue weighted by molar-refractivity contribution is 7.99. The topological polar surface area (TPSA) is 93.1 Å². The molecule has 0 radical (unpaired) electrons. The van der Waals surface area contributed by atoms with Crippen LogP contribution in [0.5, 0.6) is 0 Å². The first-order valence-electron chi connectivity index (χ1n) is 8.15. The van der Waals surface area contributed by atoms with Crippen LogP contribution >= 0.6 is 11.8 Å². The molecule has 0 aliphatic carbocycles. The number of rotatable bonds is 6. The zero-order valence-electron chi connectivity index (χ0n) is 14.5. The molecule has 1 aromatic heterocycles. The van der Waals surface area contributed by atoms with Gasteiger partial charge in [0.05, 0.1) is 16.7 Å². The van der Waals surface area contributed by atoms with Gasteiger partial charge in [-0.15, -0.1) is 0 Å². The highest BCUT2D eigenvalue weighted by Crippen LogP contribution is 2.17. The Morgan fingerprint density at radius 3 is 2.68 bits per heavy atom. The number of carbonyl (C=O) groups excluding carboxylic acids is 2. The van der Waals surface area contributed by atoms with Gasteiger partial charge >= 0.3 is 6.03 Å². The van der Waals surface area contributed by atoms with Crippen LogP contribution in [0.3, 0.4) is 0 Å². The van der Waals surface area contributed by atoms with Crippen molar-refractivity contribution >= 4 is 34.6 Å². The number of urea groups is 1. The first-order valence-corrected chi connectivity index (χ1v) is 9.13. The van der Waals surface area contributed by atoms with Crippen LogP contribution in [-0.2, 0) is 11.3 Å². The van der Waals surface area contributed by atoms with E-state index in [0.717, 1.165) is 18.2 Å². The lowest BCUT2D eigenvalue weighted by molar-refractivity contribution is -0.117. The molecule has 1 aromatic carbocycles. The first-order chi connectivity index (χ1) is 11.9. The predicted molar refractivity (Wildman–Crippen MR) is 98.8 cm³/mol. The number of amides is 3. The van der Waals surface area contributed by atoms with Crippen molar-refractivity contribution in [1.82, 2.24) is 20.2 Å². The van der Waals surface area contributed by atoms with Crippen molar-refractivity contribution in [2.75, 3.05) is 5.75 Å². The highest BCUT2D eigenvalue weighted by atomic mass is 32.2. The van der Waals surface area contributed by atoms with E-state index >= 15 is 0 Å². The van der Waals surface area contributed by atoms with E-state index in [9.17, 15) is 14.4 Å². The molecule has 0 aliphatic rings. The second-order valence-electron chi connectivity index (χ2n) is 5.83. The predicted octanol–water partition coefficient (Wildman–Crippen LogP) is 2.13. The summed E-state index contributed by atoms with van der Waals surface area (Å²) in [5.74, 6) is -0.436. The molecular formula is C17H22N4O3S. The van der Waals surface area contributed by atoms with Gasteiger partial charge in [-0.2, -0.15) is 0 Å². The summed E-state index contributed by atoms with van der Waals surface area (Å²) in [5.41, 5.74) is 0.480. The molecule has 1 heterocycles. The fraction of sp³-hybridized carbons (Fsp3) is 0.412. The Morgan fingerprint density at radius 2 is 2.00 bits per heavy atom. The summed E-state index contributed by atoms with van der Waals surface area (Å²) < 4.78 is 1.58. The third kappa shape index (κ3) is 5.06. The van der Waals surface area contributed by atoms with E-state index in [0.29, 0.717) is 22.6 Å². The van der Waals surface area contributed by atoms with Crippen molar-refractivity contribution < 1.29 is 9.59 Å². The molecule has 2 N–H and O–H groups in total. The van der Waals surface area contributed by atoms with E-state index < -0.39 is 11.9 Å². The van der Waals surface area contributed by atoms with E-state index in [2.05, 4.69) is 15.6 Å². The van der Waals surface area contributed by atoms with Crippen LogP contribution in [0.1, 0.15) is 27.2 Å². The van der Waals surface area contributed by atoms with E-state index in [1.165, 1.54) is 0 Å². The average molecular weight is 362 g/mol. The van der Waals surface area contributed by atoms with Gasteiger partial charge in [0.15, 0.2) is 5.16 Å². The highest BCUT2D eigenvalue weighted by Gasteiger charge is 2.14. The standard InChI is InChI=1S/C17H22N4O3S/c1-4-9-21-15(23)12-7-5-6-8-13(12)19-17(21)25-10-14(22)20-16(24)18-11(2)3/h5-8,11H,4,9-10H2,1-3H3,(H2,18,20,22,24). The van der Waals surface area contributed by atoms with Crippen molar-refractivity contribution in [3.8, 4) is 0 Å². The molecule has 0 unspecified atom stereocenters. The molecular weight excluding hydrogens is 340 g/mol. The molecule has 8 heteroatoms. The SMILES string of the molecule is CCCn1c(SCC(=O)NC(=O)NC(C)C)nc2ccccc2c1=O. The maximum Gasteiger partial charge on any atom is 0.321 e. The average Bonchev–Trinajstić information content (AvgIpc) is 2.55. The van der Waals surface area contributed by atoms with Crippen LogP contribution in [-0.4, -0.2) is 33.3 Å². The lowest BCUT2D eigenvalue weighted by atomic mass is 10.2. The molecule has 7 nitrogen and oxygen atoms in total. The van der Waals surface area contributed by atoms with Gasteiger partial charge in [-0.1, -0.05) is 30.8 Å². The lowest BCUT2D eigenvalue weighted by Gasteiger charge is -2.12. The Hall–Kier alpha value is -2.35. The molecule has 2 aromatic rings. The molecule has 0 saturated carbocycles. The minimum atomic E-state index is -0.530. The summed E-state index contributed by atoms with van der Waals surface area (Å²) in [6.07, 6.45) is 0.774. The molecule has 25 heavy (non-hydrogen) atoms. The van der Waals surface area contributed by atoms with Gasteiger partial charge in [-0.3, -0.25) is 19.5 Å². The summed E-state index contributed by atoms with van der Waals surface area (Å²) in [4.78, 5) is 40.6. The van der Waals surface area contributed by atoms with E-state index in [4.69, 9.17) is 0 Å². The van der Waals surface area contributed by atoms with Crippen LogP contribution in [0, 0.1) is 0 Å². The number of hydrogen-bond donors (Lipinski definition) is 2. The number of para-hydroxylation sites is 1. The van der Waals surface area contributed by atoms with Crippen molar-refractivity contribution in [3.05, 3.63) is 34.6 Å². The number of fused-ring (bicyclic) bond motifs is 1. The van der Waals surface area contributed by atoms with Crippen LogP contribution in [0.2, 0.25) is 0 Å². The molecule has 0 spiro atoms. The van der Waals surface area contributed by atoms with Crippen LogP contribution < -0.4 is 16.2 Å². The smallest absolute Gasteiger partial charge is 0.321 e. The van der Waals surface area contributed by atoms with Gasteiger partial charge in [0.25, 0.3) is 5.56 Å². The Kier molecular flexibility index (Phi) is 6.58. The summed E-state index contributed by atoms with van der Waals surface area (Å²) in [7, 11) is 0. The fourth-order valence-electron chi connectivity index (χ4n) is 2.27. The molecule has 0 bridgehead atoms. The quantitative estimate of drug-likeness (QED) is 0.607. The van der Waals surface area contributed by atoms with Crippen molar-refractivity contribution in [2.45, 2.75) is 44.9 Å². The monoisotopic (exact) mass is 362 g/mol. The van der Waals surface area contributed by atoms with Crippen LogP contribution in [0.25, 0.3) is 10.9 Å². The maximum atomic E-state index is 12.6. The molecule has 134 valence electrons. The number of thioether (sulfide) groups is 1. The molecule has 0 fully saturated rings. The normalized spacial score (nSPS) is 10.9. The van der Waals surface area contributed by atoms with E-state index in [-0.39, 0.29) is 17.4 Å². The van der Waals surface area contributed by atoms with Gasteiger partial charge in [-0.25, -0.2) is 9.78 Å². The molecule has 0 atom stereocenters. The summed E-state index contributed by atoms with van der Waals surface area (Å²) in [5, 5.41) is 5.88. The zero-order chi connectivity index (χ0) is 18.4. The van der Waals surface area contributed by atoms with Crippen molar-refractivity contribution in [2.24, 2.45) is 0 Å². The zero-order valence-corrected chi connectivity index (χ0v) is 15.4. The van der Waals surface area contributed by atoms with Crippen LogP contribution in [0.15, 0.2) is 34.2 Å². The second kappa shape index (κ2) is 8.66. The summed E-state index contributed by atoms with van der Waals surface area (Å²) in [6, 6.07) is 6.54. The number of benzene rings is 1. The molecule has 0 saturated heterocycles. The molecule has 3 amide bonds. The third-order valence-corrected chi connectivity index (χ3v) is 4.26. The number of carbonyl (C=O) groups is 2. The number of aromatic nitrogens is 2. The van der Waals surface area contributed by atoms with Gasteiger partial charge in [0.2, 0.25) is 5.91 Å². The van der Waals surface area contributed by atoms with Crippen molar-refractivity contribution in [1.29, 1.82) is 0 Å². The summed E-state index contributed by atoms with van der Waals surface area (Å²) in [6.45, 7) is 6.11. The lowest BCUT2D eigenvalue weighted by Crippen LogP contribution is -2.43. The number of nitrogens with one attached hydrogen (secondary N) is 2. The Bertz CT molecular complexity index is 832. The fourth-order valence-corrected chi connectivity index (χ4v) is 3.10. The first kappa shape index (κ1) is 19.0. The Labute approximate surface area is 150 Å². The molecule has 2 rings (SSSR count). The van der Waals surface area contributed by atoms with E-state index in [1.54, 1.807) is 36.6 Å². The van der Waals surface area contributed by atoms with Crippen LogP contribution in [0.4, 0.5) is 4.79 Å². The van der Waals surface area contributed by atoms with Crippen molar-refractivity contribution in [3.63, 3.8) is 0 Å².